The van der Waals surface area contributed by atoms with Gasteiger partial charge in [-0.2, -0.15) is 4.98 Å². The summed E-state index contributed by atoms with van der Waals surface area (Å²) in [5.41, 5.74) is 1.47. The summed E-state index contributed by atoms with van der Waals surface area (Å²) < 4.78 is 14.1. The minimum Gasteiger partial charge on any atom is -0.348 e. The molecule has 4 rings (SSSR count). The van der Waals surface area contributed by atoms with Crippen LogP contribution < -0.4 is 10.6 Å². The lowest BCUT2D eigenvalue weighted by Gasteiger charge is -2.17. The Balaban J connectivity index is 0.00000150. The molecule has 0 bridgehead atoms. The Morgan fingerprint density at radius 3 is 2.70 bits per heavy atom. The summed E-state index contributed by atoms with van der Waals surface area (Å²) in [6.07, 6.45) is 2.73. The molecule has 0 spiro atoms. The van der Waals surface area contributed by atoms with Crippen LogP contribution >= 0.6 is 48.6 Å². The molecular weight excluding hydrogens is 476 g/mol. The van der Waals surface area contributed by atoms with Gasteiger partial charge in [0.25, 0.3) is 5.91 Å². The van der Waals surface area contributed by atoms with Crippen LogP contribution in [0.25, 0.3) is 10.3 Å². The van der Waals surface area contributed by atoms with E-state index in [1.54, 1.807) is 11.1 Å². The minimum atomic E-state index is -0.412. The highest BCUT2D eigenvalue weighted by Crippen LogP contribution is 2.27. The van der Waals surface area contributed by atoms with Gasteiger partial charge in [-0.1, -0.05) is 0 Å². The highest BCUT2D eigenvalue weighted by molar-refractivity contribution is 7.18. The second-order valence-corrected chi connectivity index (χ2v) is 7.51. The second kappa shape index (κ2) is 11.0. The highest BCUT2D eigenvalue weighted by Gasteiger charge is 2.25. The van der Waals surface area contributed by atoms with Gasteiger partial charge in [0.2, 0.25) is 5.95 Å². The van der Waals surface area contributed by atoms with E-state index in [4.69, 9.17) is 0 Å². The number of fused-ring (bicyclic) bond motifs is 1. The van der Waals surface area contributed by atoms with E-state index in [0.29, 0.717) is 34.8 Å². The van der Waals surface area contributed by atoms with Gasteiger partial charge in [-0.05, 0) is 25.5 Å². The smallest absolute Gasteiger partial charge is 0.275 e. The zero-order valence-corrected chi connectivity index (χ0v) is 19.4. The van der Waals surface area contributed by atoms with Crippen molar-refractivity contribution in [2.75, 3.05) is 25.1 Å². The fraction of sp³-hybridized carbons (Fsp3) is 0.353. The van der Waals surface area contributed by atoms with Gasteiger partial charge in [-0.25, -0.2) is 14.4 Å². The number of pyridine rings is 1. The minimum absolute atomic E-state index is 0. The Morgan fingerprint density at radius 2 is 2.03 bits per heavy atom. The fourth-order valence-electron chi connectivity index (χ4n) is 2.91. The third-order valence-electron chi connectivity index (χ3n) is 4.28. The van der Waals surface area contributed by atoms with Crippen LogP contribution in [0.15, 0.2) is 18.5 Å². The summed E-state index contributed by atoms with van der Waals surface area (Å²) in [6.45, 7) is 5.61. The topological polar surface area (TPSA) is 95.9 Å². The van der Waals surface area contributed by atoms with Crippen molar-refractivity contribution in [1.29, 1.82) is 0 Å². The molecule has 1 aliphatic rings. The Bertz CT molecular complexity index is 1020. The van der Waals surface area contributed by atoms with E-state index in [1.807, 2.05) is 13.8 Å². The Morgan fingerprint density at radius 1 is 1.27 bits per heavy atom. The molecule has 1 amide bonds. The number of thiazole rings is 1. The maximum Gasteiger partial charge on any atom is 0.275 e. The van der Waals surface area contributed by atoms with Crippen LogP contribution in [-0.2, 0) is 0 Å². The average molecular weight is 497 g/mol. The number of hydrogen-bond acceptors (Lipinski definition) is 8. The van der Waals surface area contributed by atoms with Crippen molar-refractivity contribution in [3.8, 4) is 0 Å². The predicted octanol–water partition coefficient (Wildman–Crippen LogP) is 3.37. The lowest BCUT2D eigenvalue weighted by atomic mass is 10.1. The van der Waals surface area contributed by atoms with Crippen molar-refractivity contribution in [2.45, 2.75) is 19.9 Å². The molecule has 1 unspecified atom stereocenters. The van der Waals surface area contributed by atoms with Crippen molar-refractivity contribution in [2.24, 2.45) is 0 Å². The van der Waals surface area contributed by atoms with Crippen molar-refractivity contribution < 1.29 is 9.18 Å². The maximum absolute atomic E-state index is 13.4. The largest absolute Gasteiger partial charge is 0.348 e. The molecule has 0 radical (unpaired) electrons. The van der Waals surface area contributed by atoms with Crippen molar-refractivity contribution >= 4 is 70.8 Å². The number of hydrogen-bond donors (Lipinski definition) is 2. The first kappa shape index (κ1) is 26.2. The molecule has 0 aromatic carbocycles. The first-order valence-corrected chi connectivity index (χ1v) is 9.35. The highest BCUT2D eigenvalue weighted by atomic mass is 35.5. The molecule has 164 valence electrons. The molecule has 30 heavy (non-hydrogen) atoms. The molecule has 3 aromatic rings. The molecule has 1 saturated heterocycles. The normalized spacial score (nSPS) is 13.8. The molecule has 3 aromatic heterocycles. The van der Waals surface area contributed by atoms with E-state index >= 15 is 0 Å². The van der Waals surface area contributed by atoms with Gasteiger partial charge < -0.3 is 10.2 Å². The lowest BCUT2D eigenvalue weighted by molar-refractivity contribution is 0.0787. The monoisotopic (exact) mass is 495 g/mol. The lowest BCUT2D eigenvalue weighted by Crippen LogP contribution is -2.30. The number of carbonyl (C=O) groups excluding carboxylic acids is 1. The standard InChI is InChI=1S/C17H18FN7OS.3ClH/c1-9(11-5-12(18)7-20-6-11)21-17-23-13(16(26)25-4-3-19-8-25)14-15(24-17)22-10(2)27-14;;;/h5-7,9,19H,3-4,8H2,1-2H3,(H,21,23,24);3*1H. The number of nitrogens with zero attached hydrogens (tertiary/aromatic N) is 5. The van der Waals surface area contributed by atoms with Crippen LogP contribution in [0, 0.1) is 12.7 Å². The molecule has 13 heteroatoms. The van der Waals surface area contributed by atoms with Gasteiger partial charge in [0, 0.05) is 19.3 Å². The van der Waals surface area contributed by atoms with Crippen LogP contribution in [0.2, 0.25) is 0 Å². The SMILES string of the molecule is Cc1nc2nc(NC(C)c3cncc(F)c3)nc(C(=O)N3CCNC3)c2s1.Cl.Cl.Cl. The number of rotatable bonds is 4. The third-order valence-corrected chi connectivity index (χ3v) is 5.25. The van der Waals surface area contributed by atoms with E-state index < -0.39 is 5.82 Å². The average Bonchev–Trinajstić information content (AvgIpc) is 3.29. The molecule has 8 nitrogen and oxygen atoms in total. The molecule has 4 heterocycles. The van der Waals surface area contributed by atoms with E-state index in [-0.39, 0.29) is 55.1 Å². The fourth-order valence-corrected chi connectivity index (χ4v) is 3.75. The van der Waals surface area contributed by atoms with Gasteiger partial charge in [0.1, 0.15) is 10.5 Å². The molecular formula is C17H21Cl3FN7OS. The Hall–Kier alpha value is -1.85. The number of aryl methyl sites for hydroxylation is 1. The number of anilines is 1. The van der Waals surface area contributed by atoms with Crippen LogP contribution in [0.1, 0.15) is 34.0 Å². The van der Waals surface area contributed by atoms with Crippen molar-refractivity contribution in [3.05, 3.63) is 40.5 Å². The Kier molecular flexibility index (Phi) is 9.57. The summed E-state index contributed by atoms with van der Waals surface area (Å²) in [6, 6.07) is 1.11. The summed E-state index contributed by atoms with van der Waals surface area (Å²) in [5, 5.41) is 7.08. The predicted molar refractivity (Wildman–Crippen MR) is 122 cm³/mol. The van der Waals surface area contributed by atoms with Gasteiger partial charge in [0.15, 0.2) is 11.3 Å². The van der Waals surface area contributed by atoms with E-state index in [1.165, 1.54) is 17.4 Å². The Labute approximate surface area is 195 Å². The molecule has 0 saturated carbocycles. The summed E-state index contributed by atoms with van der Waals surface area (Å²) >= 11 is 1.40. The summed E-state index contributed by atoms with van der Waals surface area (Å²) in [4.78, 5) is 31.8. The third kappa shape index (κ3) is 5.44. The quantitative estimate of drug-likeness (QED) is 0.572. The van der Waals surface area contributed by atoms with Crippen LogP contribution in [-0.4, -0.2) is 50.5 Å². The van der Waals surface area contributed by atoms with Crippen molar-refractivity contribution in [1.82, 2.24) is 30.2 Å². The summed E-state index contributed by atoms with van der Waals surface area (Å²) in [7, 11) is 0. The van der Waals surface area contributed by atoms with Crippen molar-refractivity contribution in [3.63, 3.8) is 0 Å². The molecule has 2 N–H and O–H groups in total. The zero-order valence-electron chi connectivity index (χ0n) is 16.1. The first-order chi connectivity index (χ1) is 13.0. The number of nitrogens with one attached hydrogen (secondary N) is 2. The first-order valence-electron chi connectivity index (χ1n) is 8.53. The van der Waals surface area contributed by atoms with E-state index in [0.717, 1.165) is 17.7 Å². The number of carbonyl (C=O) groups is 1. The number of aromatic nitrogens is 4. The van der Waals surface area contributed by atoms with Crippen LogP contribution in [0.5, 0.6) is 0 Å². The molecule has 1 aliphatic heterocycles. The second-order valence-electron chi connectivity index (χ2n) is 6.31. The van der Waals surface area contributed by atoms with E-state index in [9.17, 15) is 9.18 Å². The summed E-state index contributed by atoms with van der Waals surface area (Å²) in [5.74, 6) is -0.288. The zero-order chi connectivity index (χ0) is 19.0. The number of amides is 1. The van der Waals surface area contributed by atoms with E-state index in [2.05, 4.69) is 30.6 Å². The molecule has 1 atom stereocenters. The number of halogens is 4. The maximum atomic E-state index is 13.4. The molecule has 1 fully saturated rings. The van der Waals surface area contributed by atoms with Crippen LogP contribution in [0.4, 0.5) is 10.3 Å². The van der Waals surface area contributed by atoms with Crippen LogP contribution in [0.3, 0.4) is 0 Å². The van der Waals surface area contributed by atoms with Gasteiger partial charge in [-0.15, -0.1) is 48.6 Å². The van der Waals surface area contributed by atoms with Gasteiger partial charge in [-0.3, -0.25) is 15.1 Å². The molecule has 0 aliphatic carbocycles. The van der Waals surface area contributed by atoms with Gasteiger partial charge in [0.05, 0.1) is 23.9 Å². The van der Waals surface area contributed by atoms with Gasteiger partial charge >= 0.3 is 0 Å².